The molecule has 2 N–H and O–H groups in total. The van der Waals surface area contributed by atoms with Gasteiger partial charge < -0.3 is 10.2 Å². The average Bonchev–Trinajstić information content (AvgIpc) is 3.07. The molecule has 1 fully saturated rings. The number of rotatable bonds is 4. The molecular formula is C21H24N4. The predicted octanol–water partition coefficient (Wildman–Crippen LogP) is 4.46. The maximum absolute atomic E-state index is 4.31. The number of aromatic nitrogens is 2. The highest BCUT2D eigenvalue weighted by molar-refractivity contribution is 5.81. The van der Waals surface area contributed by atoms with E-state index in [0.29, 0.717) is 6.04 Å². The summed E-state index contributed by atoms with van der Waals surface area (Å²) in [6.45, 7) is 8.43. The van der Waals surface area contributed by atoms with Crippen LogP contribution in [0.3, 0.4) is 0 Å². The minimum absolute atomic E-state index is 0.436. The van der Waals surface area contributed by atoms with Crippen molar-refractivity contribution in [3.05, 3.63) is 72.1 Å². The van der Waals surface area contributed by atoms with Gasteiger partial charge in [-0.2, -0.15) is 5.10 Å². The summed E-state index contributed by atoms with van der Waals surface area (Å²) in [5.74, 6) is 0. The Labute approximate surface area is 148 Å². The fourth-order valence-electron chi connectivity index (χ4n) is 3.48. The lowest BCUT2D eigenvalue weighted by Gasteiger charge is -2.36. The van der Waals surface area contributed by atoms with Crippen molar-refractivity contribution in [3.63, 3.8) is 0 Å². The predicted molar refractivity (Wildman–Crippen MR) is 103 cm³/mol. The second-order valence-corrected chi connectivity index (χ2v) is 6.98. The molecule has 1 atom stereocenters. The molecule has 0 radical (unpaired) electrons. The van der Waals surface area contributed by atoms with Gasteiger partial charge in [0.1, 0.15) is 0 Å². The van der Waals surface area contributed by atoms with E-state index >= 15 is 0 Å². The number of aryl methyl sites for hydroxylation is 1. The lowest BCUT2D eigenvalue weighted by Crippen LogP contribution is -2.36. The van der Waals surface area contributed by atoms with Gasteiger partial charge in [-0.25, -0.2) is 0 Å². The second-order valence-electron chi connectivity index (χ2n) is 6.98. The molecule has 1 unspecified atom stereocenters. The lowest BCUT2D eigenvalue weighted by atomic mass is 10.0. The first kappa shape index (κ1) is 15.8. The van der Waals surface area contributed by atoms with Gasteiger partial charge in [-0.05, 0) is 37.1 Å². The van der Waals surface area contributed by atoms with Gasteiger partial charge in [0.2, 0.25) is 0 Å². The minimum Gasteiger partial charge on any atom is -0.382 e. The molecule has 4 heteroatoms. The van der Waals surface area contributed by atoms with E-state index in [2.05, 4.69) is 76.4 Å². The van der Waals surface area contributed by atoms with Gasteiger partial charge in [0.05, 0.1) is 11.7 Å². The van der Waals surface area contributed by atoms with E-state index in [1.807, 2.05) is 6.20 Å². The Bertz CT molecular complexity index is 878. The molecule has 128 valence electrons. The smallest absolute Gasteiger partial charge is 0.0651 e. The van der Waals surface area contributed by atoms with Crippen LogP contribution in [0.2, 0.25) is 0 Å². The van der Waals surface area contributed by atoms with Crippen LogP contribution in [0.4, 0.5) is 5.69 Å². The van der Waals surface area contributed by atoms with Crippen LogP contribution in [0.5, 0.6) is 0 Å². The number of H-pyrrole nitrogens is 1. The molecule has 25 heavy (non-hydrogen) atoms. The molecule has 3 aromatic rings. The number of anilines is 1. The minimum atomic E-state index is 0.436. The molecule has 1 aliphatic heterocycles. The van der Waals surface area contributed by atoms with Crippen molar-refractivity contribution in [3.8, 4) is 0 Å². The molecule has 4 rings (SSSR count). The van der Waals surface area contributed by atoms with Gasteiger partial charge in [-0.1, -0.05) is 36.4 Å². The van der Waals surface area contributed by atoms with Gasteiger partial charge in [0.15, 0.2) is 0 Å². The summed E-state index contributed by atoms with van der Waals surface area (Å²) in [5.41, 5.74) is 6.10. The van der Waals surface area contributed by atoms with Crippen molar-refractivity contribution in [1.82, 2.24) is 15.1 Å². The van der Waals surface area contributed by atoms with Gasteiger partial charge in [-0.15, -0.1) is 0 Å². The number of hydrogen-bond donors (Lipinski definition) is 2. The molecular weight excluding hydrogens is 308 g/mol. The maximum Gasteiger partial charge on any atom is 0.0651 e. The zero-order chi connectivity index (χ0) is 17.2. The average molecular weight is 332 g/mol. The molecule has 0 saturated carbocycles. The van der Waals surface area contributed by atoms with Crippen molar-refractivity contribution < 1.29 is 0 Å². The van der Waals surface area contributed by atoms with Crippen LogP contribution >= 0.6 is 0 Å². The van der Waals surface area contributed by atoms with Crippen LogP contribution in [0.1, 0.15) is 24.0 Å². The summed E-state index contributed by atoms with van der Waals surface area (Å²) in [6.07, 6.45) is 3.97. The quantitative estimate of drug-likeness (QED) is 0.741. The van der Waals surface area contributed by atoms with Gasteiger partial charge in [0.25, 0.3) is 0 Å². The Kier molecular flexibility index (Phi) is 4.18. The van der Waals surface area contributed by atoms with Crippen molar-refractivity contribution in [1.29, 1.82) is 0 Å². The second kappa shape index (κ2) is 6.63. The Morgan fingerprint density at radius 3 is 2.88 bits per heavy atom. The number of aromatic amines is 1. The molecule has 0 spiro atoms. The fourth-order valence-corrected chi connectivity index (χ4v) is 3.48. The van der Waals surface area contributed by atoms with Crippen LogP contribution in [-0.2, 0) is 6.54 Å². The van der Waals surface area contributed by atoms with E-state index in [0.717, 1.165) is 42.5 Å². The van der Waals surface area contributed by atoms with Gasteiger partial charge in [0, 0.05) is 42.3 Å². The first-order valence-corrected chi connectivity index (χ1v) is 8.85. The SMILES string of the molecule is C=C1CC(Nc2ccc3[nH]ncc3c2)CCN1Cc1ccc(C)cc1. The van der Waals surface area contributed by atoms with Crippen LogP contribution in [0.25, 0.3) is 10.9 Å². The number of nitrogens with one attached hydrogen (secondary N) is 2. The highest BCUT2D eigenvalue weighted by atomic mass is 15.2. The largest absolute Gasteiger partial charge is 0.382 e. The molecule has 1 aliphatic rings. The Morgan fingerprint density at radius 2 is 2.08 bits per heavy atom. The topological polar surface area (TPSA) is 44.0 Å². The van der Waals surface area contributed by atoms with Crippen LogP contribution in [0, 0.1) is 6.92 Å². The van der Waals surface area contributed by atoms with E-state index in [-0.39, 0.29) is 0 Å². The number of likely N-dealkylation sites (tertiary alicyclic amines) is 1. The van der Waals surface area contributed by atoms with Crippen molar-refractivity contribution in [2.24, 2.45) is 0 Å². The highest BCUT2D eigenvalue weighted by Crippen LogP contribution is 2.25. The Balaban J connectivity index is 1.37. The molecule has 1 aromatic heterocycles. The van der Waals surface area contributed by atoms with Crippen LogP contribution in [0.15, 0.2) is 60.9 Å². The molecule has 0 amide bonds. The third-order valence-electron chi connectivity index (χ3n) is 4.98. The number of hydrogen-bond acceptors (Lipinski definition) is 3. The maximum atomic E-state index is 4.31. The summed E-state index contributed by atoms with van der Waals surface area (Å²) in [4.78, 5) is 2.40. The van der Waals surface area contributed by atoms with Crippen molar-refractivity contribution in [2.45, 2.75) is 32.4 Å². The normalized spacial score (nSPS) is 17.9. The molecule has 2 aromatic carbocycles. The summed E-state index contributed by atoms with van der Waals surface area (Å²) in [6, 6.07) is 15.6. The first-order chi connectivity index (χ1) is 12.2. The number of piperidine rings is 1. The van der Waals surface area contributed by atoms with E-state index < -0.39 is 0 Å². The lowest BCUT2D eigenvalue weighted by molar-refractivity contribution is 0.273. The third-order valence-corrected chi connectivity index (χ3v) is 4.98. The first-order valence-electron chi connectivity index (χ1n) is 8.85. The van der Waals surface area contributed by atoms with Crippen molar-refractivity contribution in [2.75, 3.05) is 11.9 Å². The monoisotopic (exact) mass is 332 g/mol. The van der Waals surface area contributed by atoms with Crippen molar-refractivity contribution >= 4 is 16.6 Å². The summed E-state index contributed by atoms with van der Waals surface area (Å²) >= 11 is 0. The molecule has 0 bridgehead atoms. The summed E-state index contributed by atoms with van der Waals surface area (Å²) in [5, 5.41) is 11.9. The fraction of sp³-hybridized carbons (Fsp3) is 0.286. The van der Waals surface area contributed by atoms with E-state index in [4.69, 9.17) is 0 Å². The Hall–Kier alpha value is -2.75. The number of nitrogens with zero attached hydrogens (tertiary/aromatic N) is 2. The molecule has 4 nitrogen and oxygen atoms in total. The molecule has 1 saturated heterocycles. The van der Waals surface area contributed by atoms with E-state index in [1.54, 1.807) is 0 Å². The standard InChI is InChI=1S/C21H24N4/c1-15-3-5-17(6-4-15)14-25-10-9-20(11-16(25)2)23-19-7-8-21-18(12-19)13-22-24-21/h3-8,12-13,20,23H,2,9-11,14H2,1H3,(H,22,24). The zero-order valence-corrected chi connectivity index (χ0v) is 14.6. The van der Waals surface area contributed by atoms with Gasteiger partial charge >= 0.3 is 0 Å². The zero-order valence-electron chi connectivity index (χ0n) is 14.6. The van der Waals surface area contributed by atoms with Crippen LogP contribution < -0.4 is 5.32 Å². The van der Waals surface area contributed by atoms with E-state index in [1.165, 1.54) is 16.8 Å². The molecule has 2 heterocycles. The highest BCUT2D eigenvalue weighted by Gasteiger charge is 2.21. The summed E-state index contributed by atoms with van der Waals surface area (Å²) in [7, 11) is 0. The van der Waals surface area contributed by atoms with Gasteiger partial charge in [-0.3, -0.25) is 5.10 Å². The number of fused-ring (bicyclic) bond motifs is 1. The Morgan fingerprint density at radius 1 is 1.24 bits per heavy atom. The number of benzene rings is 2. The molecule has 0 aliphatic carbocycles. The van der Waals surface area contributed by atoms with E-state index in [9.17, 15) is 0 Å². The third kappa shape index (κ3) is 3.53. The van der Waals surface area contributed by atoms with Crippen LogP contribution in [-0.4, -0.2) is 27.7 Å². The summed E-state index contributed by atoms with van der Waals surface area (Å²) < 4.78 is 0.